The van der Waals surface area contributed by atoms with E-state index in [4.69, 9.17) is 6.42 Å². The molecule has 1 heterocycles. The van der Waals surface area contributed by atoms with Gasteiger partial charge in [0.1, 0.15) is 0 Å². The first kappa shape index (κ1) is 10.6. The van der Waals surface area contributed by atoms with Crippen molar-refractivity contribution in [3.05, 3.63) is 47.5 Å². The molecule has 1 aromatic carbocycles. The molecule has 2 atom stereocenters. The van der Waals surface area contributed by atoms with Gasteiger partial charge in [-0.2, -0.15) is 0 Å². The van der Waals surface area contributed by atoms with Crippen LogP contribution in [0, 0.1) is 12.3 Å². The van der Waals surface area contributed by atoms with E-state index in [-0.39, 0.29) is 0 Å². The largest absolute Gasteiger partial charge is 0.281 e. The van der Waals surface area contributed by atoms with Crippen LogP contribution in [0.2, 0.25) is 0 Å². The van der Waals surface area contributed by atoms with Crippen LogP contribution >= 0.6 is 0 Å². The van der Waals surface area contributed by atoms with Gasteiger partial charge in [-0.3, -0.25) is 4.90 Å². The van der Waals surface area contributed by atoms with Gasteiger partial charge in [0.05, 0.1) is 6.54 Å². The average Bonchev–Trinajstić information content (AvgIpc) is 2.39. The highest BCUT2D eigenvalue weighted by Gasteiger charge is 2.33. The first-order valence-corrected chi connectivity index (χ1v) is 6.32. The minimum absolute atomic E-state index is 0.509. The first-order chi connectivity index (χ1) is 8.40. The molecule has 1 aliphatic carbocycles. The summed E-state index contributed by atoms with van der Waals surface area (Å²) in [5.41, 5.74) is 2.99. The standard InChI is InChI=1S/C16H17N/c1-2-11-17-12-13-7-3-4-8-14(13)15-9-5-6-10-16(15)17/h1,3-4,6-8,10,15-16H,5,9,11-12H2/t15-,16-/m0/s1. The Morgan fingerprint density at radius 3 is 3.12 bits per heavy atom. The molecule has 1 aromatic rings. The van der Waals surface area contributed by atoms with Gasteiger partial charge in [0.15, 0.2) is 0 Å². The molecule has 0 unspecified atom stereocenters. The number of terminal acetylenes is 1. The maximum Gasteiger partial charge on any atom is 0.0607 e. The van der Waals surface area contributed by atoms with Gasteiger partial charge >= 0.3 is 0 Å². The van der Waals surface area contributed by atoms with Gasteiger partial charge in [-0.25, -0.2) is 0 Å². The van der Waals surface area contributed by atoms with Gasteiger partial charge in [0.2, 0.25) is 0 Å². The molecular formula is C16H17N. The van der Waals surface area contributed by atoms with Gasteiger partial charge in [0, 0.05) is 18.5 Å². The predicted molar refractivity (Wildman–Crippen MR) is 70.6 cm³/mol. The molecule has 1 aliphatic heterocycles. The van der Waals surface area contributed by atoms with Crippen molar-refractivity contribution in [2.75, 3.05) is 6.54 Å². The van der Waals surface area contributed by atoms with Gasteiger partial charge in [-0.1, -0.05) is 42.3 Å². The lowest BCUT2D eigenvalue weighted by Gasteiger charge is -2.42. The zero-order chi connectivity index (χ0) is 11.7. The Labute approximate surface area is 103 Å². The van der Waals surface area contributed by atoms with Gasteiger partial charge < -0.3 is 0 Å². The molecule has 1 nitrogen and oxygen atoms in total. The Morgan fingerprint density at radius 2 is 2.24 bits per heavy atom. The average molecular weight is 223 g/mol. The normalized spacial score (nSPS) is 27.0. The van der Waals surface area contributed by atoms with Crippen LogP contribution in [0.3, 0.4) is 0 Å². The quantitative estimate of drug-likeness (QED) is 0.522. The summed E-state index contributed by atoms with van der Waals surface area (Å²) in [6, 6.07) is 9.33. The summed E-state index contributed by atoms with van der Waals surface area (Å²) in [6.07, 6.45) is 12.6. The highest BCUT2D eigenvalue weighted by atomic mass is 15.2. The van der Waals surface area contributed by atoms with Crippen LogP contribution < -0.4 is 0 Å². The molecule has 0 spiro atoms. The molecule has 0 aromatic heterocycles. The fourth-order valence-corrected chi connectivity index (χ4v) is 3.17. The van der Waals surface area contributed by atoms with E-state index in [1.54, 1.807) is 0 Å². The fourth-order valence-electron chi connectivity index (χ4n) is 3.17. The maximum absolute atomic E-state index is 5.49. The second kappa shape index (κ2) is 4.39. The molecular weight excluding hydrogens is 206 g/mol. The number of fused-ring (bicyclic) bond motifs is 3. The number of rotatable bonds is 1. The van der Waals surface area contributed by atoms with Crippen LogP contribution in [0.5, 0.6) is 0 Å². The lowest BCUT2D eigenvalue weighted by atomic mass is 9.78. The molecule has 0 saturated carbocycles. The number of hydrogen-bond donors (Lipinski definition) is 0. The highest BCUT2D eigenvalue weighted by molar-refractivity contribution is 5.36. The Morgan fingerprint density at radius 1 is 1.35 bits per heavy atom. The van der Waals surface area contributed by atoms with Crippen LogP contribution in [0.4, 0.5) is 0 Å². The Hall–Kier alpha value is -1.52. The molecule has 0 saturated heterocycles. The summed E-state index contributed by atoms with van der Waals surface area (Å²) in [6.45, 7) is 1.74. The van der Waals surface area contributed by atoms with E-state index in [9.17, 15) is 0 Å². The zero-order valence-electron chi connectivity index (χ0n) is 9.97. The van der Waals surface area contributed by atoms with Crippen molar-refractivity contribution in [1.82, 2.24) is 4.90 Å². The topological polar surface area (TPSA) is 3.24 Å². The second-order valence-electron chi connectivity index (χ2n) is 4.91. The Bertz CT molecular complexity index is 481. The van der Waals surface area contributed by atoms with Crippen molar-refractivity contribution in [2.45, 2.75) is 31.3 Å². The predicted octanol–water partition coefficient (Wildman–Crippen LogP) is 2.94. The molecule has 0 amide bonds. The number of hydrogen-bond acceptors (Lipinski definition) is 1. The van der Waals surface area contributed by atoms with Gasteiger partial charge in [-0.05, 0) is 24.0 Å². The van der Waals surface area contributed by atoms with E-state index in [1.165, 1.54) is 24.0 Å². The number of allylic oxidation sites excluding steroid dienone is 1. The van der Waals surface area contributed by atoms with Crippen molar-refractivity contribution in [3.8, 4) is 12.3 Å². The van der Waals surface area contributed by atoms with Crippen molar-refractivity contribution in [3.63, 3.8) is 0 Å². The molecule has 3 rings (SSSR count). The number of nitrogens with zero attached hydrogens (tertiary/aromatic N) is 1. The SMILES string of the molecule is C#CCN1Cc2ccccc2[C@@H]2CCC=C[C@@H]21. The number of benzene rings is 1. The third-order valence-electron chi connectivity index (χ3n) is 3.93. The van der Waals surface area contributed by atoms with Crippen LogP contribution in [0.1, 0.15) is 29.9 Å². The molecule has 2 aliphatic rings. The maximum atomic E-state index is 5.49. The van der Waals surface area contributed by atoms with Crippen molar-refractivity contribution >= 4 is 0 Å². The fraction of sp³-hybridized carbons (Fsp3) is 0.375. The van der Waals surface area contributed by atoms with Gasteiger partial charge in [0.25, 0.3) is 0 Å². The first-order valence-electron chi connectivity index (χ1n) is 6.32. The summed E-state index contributed by atoms with van der Waals surface area (Å²) < 4.78 is 0. The minimum atomic E-state index is 0.509. The van der Waals surface area contributed by atoms with Crippen LogP contribution in [-0.4, -0.2) is 17.5 Å². The lowest BCUT2D eigenvalue weighted by molar-refractivity contribution is 0.191. The van der Waals surface area contributed by atoms with E-state index < -0.39 is 0 Å². The third kappa shape index (κ3) is 1.79. The van der Waals surface area contributed by atoms with E-state index in [0.717, 1.165) is 13.1 Å². The van der Waals surface area contributed by atoms with Crippen molar-refractivity contribution in [1.29, 1.82) is 0 Å². The smallest absolute Gasteiger partial charge is 0.0607 e. The Balaban J connectivity index is 2.02. The Kier molecular flexibility index (Phi) is 2.74. The second-order valence-corrected chi connectivity index (χ2v) is 4.91. The van der Waals surface area contributed by atoms with Crippen molar-refractivity contribution < 1.29 is 0 Å². The summed E-state index contributed by atoms with van der Waals surface area (Å²) in [5, 5.41) is 0. The highest BCUT2D eigenvalue weighted by Crippen LogP contribution is 2.38. The van der Waals surface area contributed by atoms with E-state index in [2.05, 4.69) is 47.2 Å². The van der Waals surface area contributed by atoms with Crippen LogP contribution in [0.25, 0.3) is 0 Å². The van der Waals surface area contributed by atoms with Gasteiger partial charge in [-0.15, -0.1) is 6.42 Å². The molecule has 0 radical (unpaired) electrons. The van der Waals surface area contributed by atoms with E-state index >= 15 is 0 Å². The van der Waals surface area contributed by atoms with E-state index in [1.807, 2.05) is 0 Å². The van der Waals surface area contributed by atoms with Crippen LogP contribution in [-0.2, 0) is 6.54 Å². The minimum Gasteiger partial charge on any atom is -0.281 e. The monoisotopic (exact) mass is 223 g/mol. The molecule has 17 heavy (non-hydrogen) atoms. The molecule has 86 valence electrons. The molecule has 0 bridgehead atoms. The summed E-state index contributed by atoms with van der Waals surface area (Å²) in [7, 11) is 0. The van der Waals surface area contributed by atoms with Crippen molar-refractivity contribution in [2.24, 2.45) is 0 Å². The molecule has 0 N–H and O–H groups in total. The zero-order valence-corrected chi connectivity index (χ0v) is 9.97. The van der Waals surface area contributed by atoms with Crippen LogP contribution in [0.15, 0.2) is 36.4 Å². The van der Waals surface area contributed by atoms with E-state index in [0.29, 0.717) is 12.0 Å². The summed E-state index contributed by atoms with van der Waals surface area (Å²) in [4.78, 5) is 2.42. The third-order valence-corrected chi connectivity index (χ3v) is 3.93. The molecule has 0 fully saturated rings. The summed E-state index contributed by atoms with van der Waals surface area (Å²) in [5.74, 6) is 3.43. The lowest BCUT2D eigenvalue weighted by Crippen LogP contribution is -2.43. The summed E-state index contributed by atoms with van der Waals surface area (Å²) >= 11 is 0. The molecule has 1 heteroatoms.